The lowest BCUT2D eigenvalue weighted by molar-refractivity contribution is 0.255. The number of hydrogen-bond donors (Lipinski definition) is 0. The lowest BCUT2D eigenvalue weighted by atomic mass is 9.35. The highest BCUT2D eigenvalue weighted by Gasteiger charge is 2.46. The third-order valence-electron chi connectivity index (χ3n) is 9.69. The first-order chi connectivity index (χ1) is 20.6. The topological polar surface area (TPSA) is 47.3 Å². The highest BCUT2D eigenvalue weighted by molar-refractivity contribution is 6.89. The highest BCUT2D eigenvalue weighted by atomic mass is 16.2. The molecule has 0 aliphatic carbocycles. The molecule has 0 bridgehead atoms. The number of hydrogen-bond acceptors (Lipinski definition) is 2. The van der Waals surface area contributed by atoms with E-state index < -0.39 is 0 Å². The summed E-state index contributed by atoms with van der Waals surface area (Å²) < 4.78 is 0. The Balaban J connectivity index is 1.60. The normalized spacial score (nSPS) is 14.5. The van der Waals surface area contributed by atoms with E-state index in [0.29, 0.717) is 11.9 Å². The number of allylic oxidation sites excluding steroid dienone is 4. The monoisotopic (exact) mass is 555 g/mol. The van der Waals surface area contributed by atoms with Crippen LogP contribution in [-0.2, 0) is 0 Å². The fourth-order valence-corrected chi connectivity index (χ4v) is 7.46. The summed E-state index contributed by atoms with van der Waals surface area (Å²) in [6.45, 7) is 12.7. The third-order valence-corrected chi connectivity index (χ3v) is 9.69. The molecule has 0 atom stereocenters. The van der Waals surface area contributed by atoms with E-state index in [1.54, 1.807) is 12.2 Å². The fourth-order valence-electron chi connectivity index (χ4n) is 7.46. The number of nitriles is 1. The number of fused-ring (bicyclic) bond motifs is 4. The third kappa shape index (κ3) is 3.76. The van der Waals surface area contributed by atoms with E-state index >= 15 is 0 Å². The van der Waals surface area contributed by atoms with Crippen LogP contribution < -0.4 is 31.7 Å². The van der Waals surface area contributed by atoms with Gasteiger partial charge in [0.1, 0.15) is 0 Å². The van der Waals surface area contributed by atoms with Crippen LogP contribution in [0.2, 0.25) is 6.32 Å². The average molecular weight is 555 g/mol. The summed E-state index contributed by atoms with van der Waals surface area (Å²) in [5.74, 6) is 2.50. The Labute approximate surface area is 254 Å². The number of carbonyl (C=O) groups is 1. The Kier molecular flexibility index (Phi) is 5.98. The molecule has 0 radical (unpaired) electrons. The predicted molar refractivity (Wildman–Crippen MR) is 183 cm³/mol. The van der Waals surface area contributed by atoms with E-state index in [9.17, 15) is 10.1 Å². The molecule has 0 saturated heterocycles. The molecule has 0 N–H and O–H groups in total. The predicted octanol–water partition coefficient (Wildman–Crippen LogP) is 5.36. The molecule has 206 valence electrons. The van der Waals surface area contributed by atoms with E-state index in [4.69, 9.17) is 6.42 Å². The molecule has 4 nitrogen and oxygen atoms in total. The van der Waals surface area contributed by atoms with Gasteiger partial charge >= 0.3 is 6.03 Å². The molecule has 0 fully saturated rings. The second-order valence-corrected chi connectivity index (χ2v) is 12.4. The molecule has 0 aromatic heterocycles. The van der Waals surface area contributed by atoms with Crippen molar-refractivity contribution in [1.29, 1.82) is 5.26 Å². The molecule has 0 saturated carbocycles. The van der Waals surface area contributed by atoms with Gasteiger partial charge in [-0.3, -0.25) is 9.80 Å². The number of amides is 2. The second-order valence-electron chi connectivity index (χ2n) is 12.4. The van der Waals surface area contributed by atoms with Gasteiger partial charge < -0.3 is 0 Å². The van der Waals surface area contributed by atoms with Crippen LogP contribution in [0.5, 0.6) is 0 Å². The number of anilines is 4. The number of benzene rings is 4. The molecule has 0 unspecified atom stereocenters. The Morgan fingerprint density at radius 1 is 0.814 bits per heavy atom. The standard InChI is InChI=1S/C37H31B2N3O/c1-8-9-10-11-26(19-40)18-39-29-14-21(3)23(5)17-32(29)42-36-30(39)15-25(7)33-24(6)13-28-35(34(33)36)41(37(42)43)31-16-22(4)20(2)12-27(31)38-28/h1,9-17,38H,18H2,2-7H3/b10-9-,26-11+. The molecule has 4 aromatic carbocycles. The zero-order chi connectivity index (χ0) is 30.3. The second kappa shape index (κ2) is 9.55. The van der Waals surface area contributed by atoms with Crippen molar-refractivity contribution in [1.82, 2.24) is 0 Å². The van der Waals surface area contributed by atoms with Gasteiger partial charge in [-0.2, -0.15) is 5.26 Å². The molecule has 43 heavy (non-hydrogen) atoms. The van der Waals surface area contributed by atoms with Gasteiger partial charge in [0.25, 0.3) is 0 Å². The molecular formula is C37H31B2N3O. The summed E-state index contributed by atoms with van der Waals surface area (Å²) >= 11 is 0. The van der Waals surface area contributed by atoms with Crippen LogP contribution in [-0.4, -0.2) is 20.0 Å². The molecular weight excluding hydrogens is 524 g/mol. The lowest BCUT2D eigenvalue weighted by Gasteiger charge is -2.46. The zero-order valence-corrected chi connectivity index (χ0v) is 25.5. The molecule has 6 heteroatoms. The Morgan fingerprint density at radius 2 is 1.42 bits per heavy atom. The molecule has 2 amide bonds. The lowest BCUT2D eigenvalue weighted by Crippen LogP contribution is -2.58. The number of nitrogens with zero attached hydrogens (tertiary/aromatic N) is 3. The largest absolute Gasteiger partial charge is 0.338 e. The van der Waals surface area contributed by atoms with Crippen LogP contribution in [0, 0.1) is 65.2 Å². The van der Waals surface area contributed by atoms with Crippen LogP contribution in [0.3, 0.4) is 0 Å². The first-order valence-corrected chi connectivity index (χ1v) is 14.8. The van der Waals surface area contributed by atoms with Gasteiger partial charge in [0, 0.05) is 22.3 Å². The summed E-state index contributed by atoms with van der Waals surface area (Å²) in [5.41, 5.74) is 16.1. The van der Waals surface area contributed by atoms with E-state index in [0.717, 1.165) is 57.5 Å². The van der Waals surface area contributed by atoms with Crippen molar-refractivity contribution in [3.05, 3.63) is 93.6 Å². The summed E-state index contributed by atoms with van der Waals surface area (Å²) in [5, 5.41) is 12.5. The number of terminal acetylenes is 1. The van der Waals surface area contributed by atoms with E-state index in [1.165, 1.54) is 38.6 Å². The summed E-state index contributed by atoms with van der Waals surface area (Å²) in [4.78, 5) is 18.9. The van der Waals surface area contributed by atoms with Crippen molar-refractivity contribution >= 4 is 75.4 Å². The molecule has 7 rings (SSSR count). The molecule has 4 aromatic rings. The quantitative estimate of drug-likeness (QED) is 0.148. The highest BCUT2D eigenvalue weighted by Crippen LogP contribution is 2.48. The fraction of sp³-hybridized carbons (Fsp3) is 0.189. The maximum atomic E-state index is 15.0. The number of aryl methyl sites for hydroxylation is 6. The minimum atomic E-state index is -0.0925. The smallest absolute Gasteiger partial charge is 0.263 e. The number of rotatable bonds is 3. The van der Waals surface area contributed by atoms with Crippen LogP contribution >= 0.6 is 0 Å². The molecule has 0 spiro atoms. The van der Waals surface area contributed by atoms with Crippen LogP contribution in [0.4, 0.5) is 27.5 Å². The van der Waals surface area contributed by atoms with Crippen LogP contribution in [0.1, 0.15) is 33.4 Å². The Hall–Kier alpha value is -4.93. The maximum Gasteiger partial charge on any atom is 0.338 e. The van der Waals surface area contributed by atoms with Crippen LogP contribution in [0.15, 0.2) is 60.2 Å². The summed E-state index contributed by atoms with van der Waals surface area (Å²) in [6, 6.07) is 15.7. The van der Waals surface area contributed by atoms with E-state index in [-0.39, 0.29) is 12.7 Å². The van der Waals surface area contributed by atoms with Crippen molar-refractivity contribution < 1.29 is 4.79 Å². The van der Waals surface area contributed by atoms with Gasteiger partial charge in [-0.1, -0.05) is 47.2 Å². The van der Waals surface area contributed by atoms with Crippen molar-refractivity contribution in [2.24, 2.45) is 0 Å². The summed E-state index contributed by atoms with van der Waals surface area (Å²) in [6.07, 6.45) is 11.1. The van der Waals surface area contributed by atoms with Gasteiger partial charge in [-0.05, 0) is 122 Å². The molecule has 3 aliphatic rings. The first-order valence-electron chi connectivity index (χ1n) is 14.8. The first kappa shape index (κ1) is 26.9. The minimum absolute atomic E-state index is 0.0517. The van der Waals surface area contributed by atoms with Crippen molar-refractivity contribution in [3.63, 3.8) is 0 Å². The van der Waals surface area contributed by atoms with Gasteiger partial charge in [-0.15, -0.1) is 6.42 Å². The SMILES string of the molecule is C#C/C=C\C=C(\C#N)CB1c2cc(C)c(C)cc2N2C(=O)N3c4cc(C)c(C)cc4Bc4cc(C)c5c(C)cc1c2c5c43. The zero-order valence-electron chi connectivity index (χ0n) is 25.5. The number of carbonyl (C=O) groups excluding carboxylic acids is 1. The van der Waals surface area contributed by atoms with Gasteiger partial charge in [-0.25, -0.2) is 4.79 Å². The molecule has 3 aliphatic heterocycles. The van der Waals surface area contributed by atoms with E-state index in [2.05, 4.69) is 89.9 Å². The van der Waals surface area contributed by atoms with E-state index in [1.807, 2.05) is 15.9 Å². The van der Waals surface area contributed by atoms with Gasteiger partial charge in [0.05, 0.1) is 17.4 Å². The number of urea groups is 1. The Morgan fingerprint density at radius 3 is 2.14 bits per heavy atom. The average Bonchev–Trinajstić information content (AvgIpc) is 2.96. The van der Waals surface area contributed by atoms with Gasteiger partial charge in [0.2, 0.25) is 6.71 Å². The summed E-state index contributed by atoms with van der Waals surface area (Å²) in [7, 11) is 0.788. The molecule has 3 heterocycles. The van der Waals surface area contributed by atoms with Gasteiger partial charge in [0.15, 0.2) is 7.28 Å². The maximum absolute atomic E-state index is 15.0. The minimum Gasteiger partial charge on any atom is -0.263 e. The van der Waals surface area contributed by atoms with Crippen molar-refractivity contribution in [2.75, 3.05) is 9.80 Å². The Bertz CT molecular complexity index is 2110. The van der Waals surface area contributed by atoms with Crippen molar-refractivity contribution in [2.45, 2.75) is 47.9 Å². The van der Waals surface area contributed by atoms with Crippen molar-refractivity contribution in [3.8, 4) is 18.4 Å². The van der Waals surface area contributed by atoms with Crippen LogP contribution in [0.25, 0.3) is 10.8 Å².